The van der Waals surface area contributed by atoms with Gasteiger partial charge < -0.3 is 15.1 Å². The van der Waals surface area contributed by atoms with Gasteiger partial charge in [0.25, 0.3) is 0 Å². The lowest BCUT2D eigenvalue weighted by molar-refractivity contribution is 0.569. The van der Waals surface area contributed by atoms with Crippen LogP contribution in [0.2, 0.25) is 0 Å². The molecule has 1 saturated heterocycles. The van der Waals surface area contributed by atoms with E-state index in [1.165, 1.54) is 24.9 Å². The monoisotopic (exact) mass is 242 g/mol. The molecule has 94 valence electrons. The van der Waals surface area contributed by atoms with Crippen LogP contribution in [-0.2, 0) is 0 Å². The van der Waals surface area contributed by atoms with Crippen molar-refractivity contribution in [2.75, 3.05) is 23.7 Å². The summed E-state index contributed by atoms with van der Waals surface area (Å²) in [5.74, 6) is 0. The fourth-order valence-corrected chi connectivity index (χ4v) is 2.56. The Kier molecular flexibility index (Phi) is 2.97. The van der Waals surface area contributed by atoms with Gasteiger partial charge in [0.2, 0.25) is 0 Å². The average molecular weight is 242 g/mol. The fourth-order valence-electron chi connectivity index (χ4n) is 2.56. The standard InChI is InChI=1S/C15H18N2O/c16-15-11-18-10-14(15)12-5-4-6-13(9-12)17-7-2-1-3-8-17/h4-6,9-11H,1-3,7-8,16H2. The van der Waals surface area contributed by atoms with Crippen LogP contribution in [0.4, 0.5) is 11.4 Å². The van der Waals surface area contributed by atoms with Crippen LogP contribution >= 0.6 is 0 Å². The van der Waals surface area contributed by atoms with Crippen molar-refractivity contribution < 1.29 is 4.42 Å². The summed E-state index contributed by atoms with van der Waals surface area (Å²) in [7, 11) is 0. The summed E-state index contributed by atoms with van der Waals surface area (Å²) in [6.45, 7) is 2.31. The molecule has 0 saturated carbocycles. The molecule has 1 aliphatic rings. The minimum atomic E-state index is 0.700. The van der Waals surface area contributed by atoms with Crippen LogP contribution < -0.4 is 10.6 Å². The van der Waals surface area contributed by atoms with Crippen LogP contribution in [0.5, 0.6) is 0 Å². The number of hydrogen-bond donors (Lipinski definition) is 1. The van der Waals surface area contributed by atoms with Crippen molar-refractivity contribution in [1.29, 1.82) is 0 Å². The number of nitrogen functional groups attached to an aromatic ring is 1. The molecule has 3 heteroatoms. The van der Waals surface area contributed by atoms with Crippen molar-refractivity contribution in [1.82, 2.24) is 0 Å². The number of nitrogens with zero attached hydrogens (tertiary/aromatic N) is 1. The number of rotatable bonds is 2. The topological polar surface area (TPSA) is 42.4 Å². The molecule has 1 aromatic heterocycles. The highest BCUT2D eigenvalue weighted by Gasteiger charge is 2.12. The largest absolute Gasteiger partial charge is 0.470 e. The van der Waals surface area contributed by atoms with Gasteiger partial charge in [0, 0.05) is 24.3 Å². The van der Waals surface area contributed by atoms with Crippen LogP contribution in [0.15, 0.2) is 41.2 Å². The second-order valence-corrected chi connectivity index (χ2v) is 4.84. The van der Waals surface area contributed by atoms with Crippen molar-refractivity contribution in [2.45, 2.75) is 19.3 Å². The van der Waals surface area contributed by atoms with Gasteiger partial charge in [-0.25, -0.2) is 0 Å². The molecule has 1 fully saturated rings. The minimum absolute atomic E-state index is 0.700. The lowest BCUT2D eigenvalue weighted by atomic mass is 10.1. The van der Waals surface area contributed by atoms with Gasteiger partial charge in [0.05, 0.1) is 5.69 Å². The second-order valence-electron chi connectivity index (χ2n) is 4.84. The van der Waals surface area contributed by atoms with Gasteiger partial charge in [-0.05, 0) is 37.0 Å². The minimum Gasteiger partial charge on any atom is -0.470 e. The molecule has 2 heterocycles. The van der Waals surface area contributed by atoms with Crippen LogP contribution in [0.25, 0.3) is 11.1 Å². The van der Waals surface area contributed by atoms with Crippen LogP contribution in [-0.4, -0.2) is 13.1 Å². The van der Waals surface area contributed by atoms with Gasteiger partial charge in [0.15, 0.2) is 0 Å². The van der Waals surface area contributed by atoms with Gasteiger partial charge in [-0.3, -0.25) is 0 Å². The molecule has 0 atom stereocenters. The maximum absolute atomic E-state index is 5.89. The second kappa shape index (κ2) is 4.77. The van der Waals surface area contributed by atoms with E-state index < -0.39 is 0 Å². The Bertz CT molecular complexity index is 527. The average Bonchev–Trinajstić information content (AvgIpc) is 2.86. The van der Waals surface area contributed by atoms with E-state index in [1.54, 1.807) is 12.5 Å². The number of nitrogens with two attached hydrogens (primary N) is 1. The first-order valence-electron chi connectivity index (χ1n) is 6.51. The molecule has 1 aromatic carbocycles. The summed E-state index contributed by atoms with van der Waals surface area (Å²) < 4.78 is 5.15. The lowest BCUT2D eigenvalue weighted by Crippen LogP contribution is -2.29. The van der Waals surface area contributed by atoms with E-state index in [9.17, 15) is 0 Å². The zero-order valence-electron chi connectivity index (χ0n) is 10.4. The summed E-state index contributed by atoms with van der Waals surface area (Å²) in [6.07, 6.45) is 7.23. The van der Waals surface area contributed by atoms with Crippen LogP contribution in [0.3, 0.4) is 0 Å². The molecule has 2 aromatic rings. The Morgan fingerprint density at radius 1 is 1.06 bits per heavy atom. The van der Waals surface area contributed by atoms with Crippen LogP contribution in [0, 0.1) is 0 Å². The maximum Gasteiger partial charge on any atom is 0.114 e. The number of benzene rings is 1. The summed E-state index contributed by atoms with van der Waals surface area (Å²) in [4.78, 5) is 2.45. The van der Waals surface area contributed by atoms with Gasteiger partial charge in [0.1, 0.15) is 12.5 Å². The number of piperidine rings is 1. The third-order valence-corrected chi connectivity index (χ3v) is 3.57. The third-order valence-electron chi connectivity index (χ3n) is 3.57. The zero-order chi connectivity index (χ0) is 12.4. The molecule has 0 amide bonds. The molecule has 1 aliphatic heterocycles. The highest BCUT2D eigenvalue weighted by molar-refractivity contribution is 5.77. The normalized spacial score (nSPS) is 15.9. The molecule has 0 bridgehead atoms. The molecule has 2 N–H and O–H groups in total. The molecule has 0 unspecified atom stereocenters. The van der Waals surface area contributed by atoms with E-state index in [1.807, 2.05) is 0 Å². The molecule has 0 radical (unpaired) electrons. The van der Waals surface area contributed by atoms with Crippen molar-refractivity contribution in [2.24, 2.45) is 0 Å². The van der Waals surface area contributed by atoms with E-state index in [4.69, 9.17) is 10.2 Å². The highest BCUT2D eigenvalue weighted by Crippen LogP contribution is 2.30. The molecular weight excluding hydrogens is 224 g/mol. The molecule has 18 heavy (non-hydrogen) atoms. The first kappa shape index (κ1) is 11.2. The van der Waals surface area contributed by atoms with Crippen molar-refractivity contribution in [3.05, 3.63) is 36.8 Å². The van der Waals surface area contributed by atoms with Gasteiger partial charge in [-0.2, -0.15) is 0 Å². The molecule has 3 rings (SSSR count). The Morgan fingerprint density at radius 2 is 1.89 bits per heavy atom. The van der Waals surface area contributed by atoms with Gasteiger partial charge >= 0.3 is 0 Å². The Morgan fingerprint density at radius 3 is 2.61 bits per heavy atom. The smallest absolute Gasteiger partial charge is 0.114 e. The van der Waals surface area contributed by atoms with Gasteiger partial charge in [-0.1, -0.05) is 12.1 Å². The van der Waals surface area contributed by atoms with Crippen molar-refractivity contribution in [3.8, 4) is 11.1 Å². The molecule has 3 nitrogen and oxygen atoms in total. The Balaban J connectivity index is 1.91. The number of anilines is 2. The summed E-state index contributed by atoms with van der Waals surface area (Å²) in [6, 6.07) is 8.54. The SMILES string of the molecule is Nc1cocc1-c1cccc(N2CCCCC2)c1. The molecular formula is C15H18N2O. The zero-order valence-corrected chi connectivity index (χ0v) is 10.4. The predicted molar refractivity (Wildman–Crippen MR) is 74.6 cm³/mol. The van der Waals surface area contributed by atoms with Crippen LogP contribution in [0.1, 0.15) is 19.3 Å². The van der Waals surface area contributed by atoms with Gasteiger partial charge in [-0.15, -0.1) is 0 Å². The van der Waals surface area contributed by atoms with E-state index >= 15 is 0 Å². The highest BCUT2D eigenvalue weighted by atomic mass is 16.3. The van der Waals surface area contributed by atoms with E-state index in [-0.39, 0.29) is 0 Å². The third kappa shape index (κ3) is 2.08. The first-order chi connectivity index (χ1) is 8.84. The Hall–Kier alpha value is -1.90. The van der Waals surface area contributed by atoms with Crippen molar-refractivity contribution >= 4 is 11.4 Å². The number of hydrogen-bond acceptors (Lipinski definition) is 3. The van der Waals surface area contributed by atoms with E-state index in [0.717, 1.165) is 24.2 Å². The molecule has 0 spiro atoms. The lowest BCUT2D eigenvalue weighted by Gasteiger charge is -2.29. The maximum atomic E-state index is 5.89. The molecule has 0 aliphatic carbocycles. The van der Waals surface area contributed by atoms with E-state index in [2.05, 4.69) is 29.2 Å². The first-order valence-corrected chi connectivity index (χ1v) is 6.51. The Labute approximate surface area is 107 Å². The summed E-state index contributed by atoms with van der Waals surface area (Å²) in [5.41, 5.74) is 9.99. The fraction of sp³-hybridized carbons (Fsp3) is 0.333. The summed E-state index contributed by atoms with van der Waals surface area (Å²) >= 11 is 0. The number of furan rings is 1. The van der Waals surface area contributed by atoms with Crippen molar-refractivity contribution in [3.63, 3.8) is 0 Å². The van der Waals surface area contributed by atoms with E-state index in [0.29, 0.717) is 5.69 Å². The quantitative estimate of drug-likeness (QED) is 0.876. The predicted octanol–water partition coefficient (Wildman–Crippen LogP) is 3.52. The summed E-state index contributed by atoms with van der Waals surface area (Å²) in [5, 5.41) is 0.